The molecule has 2 nitrogen and oxygen atoms in total. The van der Waals surface area contributed by atoms with Gasteiger partial charge in [-0.1, -0.05) is 141 Å². The molecule has 0 aliphatic rings. The van der Waals surface area contributed by atoms with Crippen LogP contribution in [-0.4, -0.2) is 23.2 Å². The monoisotopic (exact) mass is 654 g/mol. The van der Waals surface area contributed by atoms with Crippen LogP contribution in [0, 0.1) is 0 Å². The second kappa shape index (κ2) is 21.2. The van der Waals surface area contributed by atoms with Gasteiger partial charge in [0.05, 0.1) is 4.90 Å². The number of benzene rings is 1. The van der Waals surface area contributed by atoms with Crippen LogP contribution in [0.25, 0.3) is 0 Å². The predicted octanol–water partition coefficient (Wildman–Crippen LogP) is 12.4. The largest absolute Gasteiger partial charge is 0.261 e. The third-order valence-corrected chi connectivity index (χ3v) is 17.2. The van der Waals surface area contributed by atoms with Crippen molar-refractivity contribution in [2.45, 2.75) is 165 Å². The van der Waals surface area contributed by atoms with Crippen molar-refractivity contribution in [3.05, 3.63) is 29.8 Å². The van der Waals surface area contributed by atoms with E-state index < -0.39 is 23.8 Å². The maximum Gasteiger partial charge on any atom is 0.261 e. The van der Waals surface area contributed by atoms with E-state index in [0.29, 0.717) is 0 Å². The summed E-state index contributed by atoms with van der Waals surface area (Å²) in [5.41, 5.74) is 1.11. The minimum atomic E-state index is -3.66. The van der Waals surface area contributed by atoms with Gasteiger partial charge in [0.25, 0.3) is 9.05 Å². The van der Waals surface area contributed by atoms with E-state index in [0.717, 1.165) is 36.5 Å². The molecule has 0 spiro atoms. The first-order chi connectivity index (χ1) is 18.5. The minimum Gasteiger partial charge on any atom is -0.207 e. The van der Waals surface area contributed by atoms with Crippen LogP contribution < -0.4 is 0 Å². The van der Waals surface area contributed by atoms with E-state index >= 15 is 0 Å². The van der Waals surface area contributed by atoms with E-state index in [-0.39, 0.29) is 4.90 Å². The van der Waals surface area contributed by atoms with Gasteiger partial charge < -0.3 is 0 Å². The molecule has 0 heterocycles. The minimum absolute atomic E-state index is 0.148. The molecule has 0 saturated heterocycles. The van der Waals surface area contributed by atoms with Gasteiger partial charge in [0, 0.05) is 10.7 Å². The lowest BCUT2D eigenvalue weighted by molar-refractivity contribution is 0.531. The van der Waals surface area contributed by atoms with Crippen molar-refractivity contribution in [3.63, 3.8) is 0 Å². The van der Waals surface area contributed by atoms with Crippen LogP contribution in [0.4, 0.5) is 0 Å². The first-order valence-corrected chi connectivity index (χ1v) is 26.0. The second-order valence-corrected chi connectivity index (χ2v) is 28.0. The van der Waals surface area contributed by atoms with Crippen molar-refractivity contribution in [1.82, 2.24) is 0 Å². The molecule has 0 aliphatic heterocycles. The van der Waals surface area contributed by atoms with Crippen molar-refractivity contribution in [1.29, 1.82) is 0 Å². The topological polar surface area (TPSA) is 34.1 Å². The SMILES string of the molecule is CCCCCCCCCCCCCCCCCC[Si](C)(Cl)CCC[Si](C)(Cl)CCc1ccc(S(=O)(=O)Cl)cc1. The fourth-order valence-corrected chi connectivity index (χ4v) is 12.1. The Morgan fingerprint density at radius 3 is 1.33 bits per heavy atom. The fourth-order valence-electron chi connectivity index (χ4n) is 5.34. The molecule has 1 rings (SSSR count). The van der Waals surface area contributed by atoms with Crippen molar-refractivity contribution in [2.24, 2.45) is 0 Å². The predicted molar refractivity (Wildman–Crippen MR) is 182 cm³/mol. The Kier molecular flexibility index (Phi) is 20.4. The summed E-state index contributed by atoms with van der Waals surface area (Å²) in [4.78, 5) is 0.148. The van der Waals surface area contributed by atoms with E-state index in [1.807, 2.05) is 12.1 Å². The Morgan fingerprint density at radius 1 is 0.564 bits per heavy atom. The standard InChI is InChI=1S/C31H57Cl3O2SSi2/c1-4-5-6-7-8-9-10-11-12-13-14-15-16-17-18-19-26-38(2,33)27-20-28-39(3,34)29-25-30-21-23-31(24-22-30)37(32,35)36/h21-24H,4-20,25-29H2,1-3H3. The average Bonchev–Trinajstić information content (AvgIpc) is 2.87. The molecular weight excluding hydrogens is 599 g/mol. The Labute approximate surface area is 258 Å². The number of aryl methyl sites for hydroxylation is 1. The molecule has 1 aromatic rings. The lowest BCUT2D eigenvalue weighted by atomic mass is 10.0. The zero-order valence-corrected chi connectivity index (χ0v) is 30.3. The normalized spacial score (nSPS) is 15.2. The number of halogens is 3. The van der Waals surface area contributed by atoms with Gasteiger partial charge in [-0.25, -0.2) is 8.42 Å². The van der Waals surface area contributed by atoms with Crippen LogP contribution in [-0.2, 0) is 15.5 Å². The van der Waals surface area contributed by atoms with Gasteiger partial charge in [0.15, 0.2) is 14.8 Å². The fraction of sp³-hybridized carbons (Fsp3) is 0.806. The molecule has 0 N–H and O–H groups in total. The van der Waals surface area contributed by atoms with Gasteiger partial charge in [-0.2, -0.15) is 22.2 Å². The van der Waals surface area contributed by atoms with Crippen LogP contribution in [0.15, 0.2) is 29.2 Å². The Balaban J connectivity index is 2.03. The number of hydrogen-bond acceptors (Lipinski definition) is 2. The molecule has 0 amide bonds. The van der Waals surface area contributed by atoms with Gasteiger partial charge in [0.1, 0.15) is 0 Å². The molecule has 228 valence electrons. The summed E-state index contributed by atoms with van der Waals surface area (Å²) < 4.78 is 22.8. The van der Waals surface area contributed by atoms with Crippen molar-refractivity contribution >= 4 is 56.7 Å². The molecule has 0 aromatic heterocycles. The van der Waals surface area contributed by atoms with E-state index in [9.17, 15) is 8.42 Å². The molecule has 0 radical (unpaired) electrons. The van der Waals surface area contributed by atoms with Gasteiger partial charge in [-0.15, -0.1) is 0 Å². The van der Waals surface area contributed by atoms with Crippen LogP contribution in [0.1, 0.15) is 122 Å². The highest BCUT2D eigenvalue weighted by atomic mass is 35.7. The molecule has 2 atom stereocenters. The number of rotatable bonds is 25. The van der Waals surface area contributed by atoms with Gasteiger partial charge in [-0.3, -0.25) is 0 Å². The van der Waals surface area contributed by atoms with Gasteiger partial charge >= 0.3 is 0 Å². The number of hydrogen-bond donors (Lipinski definition) is 0. The maximum absolute atomic E-state index is 11.4. The zero-order chi connectivity index (χ0) is 29.0. The first-order valence-electron chi connectivity index (χ1n) is 15.9. The molecule has 0 fully saturated rings. The summed E-state index contributed by atoms with van der Waals surface area (Å²) >= 11 is 14.0. The summed E-state index contributed by atoms with van der Waals surface area (Å²) in [6.07, 6.45) is 24.5. The summed E-state index contributed by atoms with van der Waals surface area (Å²) in [5, 5.41) is 0. The zero-order valence-electron chi connectivity index (χ0n) is 25.2. The van der Waals surface area contributed by atoms with Crippen LogP contribution in [0.5, 0.6) is 0 Å². The first kappa shape index (κ1) is 37.5. The van der Waals surface area contributed by atoms with Crippen molar-refractivity contribution in [3.8, 4) is 0 Å². The quantitative estimate of drug-likeness (QED) is 0.0454. The lowest BCUT2D eigenvalue weighted by Crippen LogP contribution is -2.26. The highest BCUT2D eigenvalue weighted by Gasteiger charge is 2.28. The molecule has 0 aliphatic carbocycles. The van der Waals surface area contributed by atoms with Gasteiger partial charge in [-0.05, 0) is 48.3 Å². The highest BCUT2D eigenvalue weighted by molar-refractivity contribution is 8.13. The summed E-state index contributed by atoms with van der Waals surface area (Å²) in [6, 6.07) is 11.3. The van der Waals surface area contributed by atoms with Crippen LogP contribution in [0.2, 0.25) is 37.3 Å². The third-order valence-electron chi connectivity index (χ3n) is 8.09. The van der Waals surface area contributed by atoms with Gasteiger partial charge in [0.2, 0.25) is 0 Å². The van der Waals surface area contributed by atoms with Crippen LogP contribution >= 0.6 is 32.8 Å². The molecule has 8 heteroatoms. The molecule has 0 bridgehead atoms. The van der Waals surface area contributed by atoms with Crippen LogP contribution in [0.3, 0.4) is 0 Å². The molecule has 2 unspecified atom stereocenters. The smallest absolute Gasteiger partial charge is 0.207 e. The third kappa shape index (κ3) is 20.9. The summed E-state index contributed by atoms with van der Waals surface area (Å²) in [7, 11) is -1.74. The van der Waals surface area contributed by atoms with E-state index in [1.54, 1.807) is 12.1 Å². The molecular formula is C31H57Cl3O2SSi2. The highest BCUT2D eigenvalue weighted by Crippen LogP contribution is 2.31. The summed E-state index contributed by atoms with van der Waals surface area (Å²) in [6.45, 7) is 6.86. The second-order valence-electron chi connectivity index (χ2n) is 12.3. The Hall–Kier alpha value is 0.474. The molecule has 0 saturated carbocycles. The Bertz CT molecular complexity index is 846. The van der Waals surface area contributed by atoms with Crippen molar-refractivity contribution in [2.75, 3.05) is 0 Å². The molecule has 39 heavy (non-hydrogen) atoms. The number of unbranched alkanes of at least 4 members (excludes halogenated alkanes) is 15. The van der Waals surface area contributed by atoms with E-state index in [4.69, 9.17) is 32.8 Å². The molecule has 1 aromatic carbocycles. The summed E-state index contributed by atoms with van der Waals surface area (Å²) in [5.74, 6) is 0. The Morgan fingerprint density at radius 2 is 0.923 bits per heavy atom. The average molecular weight is 656 g/mol. The van der Waals surface area contributed by atoms with Crippen molar-refractivity contribution < 1.29 is 8.42 Å². The lowest BCUT2D eigenvalue weighted by Gasteiger charge is -2.23. The maximum atomic E-state index is 11.4. The van der Waals surface area contributed by atoms with E-state index in [1.165, 1.54) is 109 Å². The van der Waals surface area contributed by atoms with E-state index in [2.05, 4.69) is 20.0 Å².